The molecule has 0 saturated heterocycles. The molecule has 1 aliphatic rings. The van der Waals surface area contributed by atoms with Crippen LogP contribution in [0.5, 0.6) is 5.75 Å². The molecule has 1 aromatic heterocycles. The molecular formula is C21H18BrNO2S3. The Bertz CT molecular complexity index is 1120. The van der Waals surface area contributed by atoms with Gasteiger partial charge in [0.05, 0.1) is 22.7 Å². The summed E-state index contributed by atoms with van der Waals surface area (Å²) in [4.78, 5) is 16.6. The number of anilines is 1. The van der Waals surface area contributed by atoms with Crippen LogP contribution in [0.4, 0.5) is 5.69 Å². The number of hydrogen-bond acceptors (Lipinski definition) is 5. The first-order chi connectivity index (χ1) is 13.3. The van der Waals surface area contributed by atoms with Gasteiger partial charge in [0.1, 0.15) is 9.57 Å². The van der Waals surface area contributed by atoms with Gasteiger partial charge in [-0.2, -0.15) is 0 Å². The van der Waals surface area contributed by atoms with Crippen LogP contribution < -0.4 is 9.64 Å². The Hall–Kier alpha value is -1.54. The van der Waals surface area contributed by atoms with Gasteiger partial charge in [0, 0.05) is 27.2 Å². The third-order valence-corrected chi connectivity index (χ3v) is 8.69. The van der Waals surface area contributed by atoms with Crippen molar-refractivity contribution in [3.05, 3.63) is 61.2 Å². The lowest BCUT2D eigenvalue weighted by Crippen LogP contribution is -2.47. The Labute approximate surface area is 185 Å². The summed E-state index contributed by atoms with van der Waals surface area (Å²) >= 11 is 9.08. The van der Waals surface area contributed by atoms with Crippen LogP contribution in [0.3, 0.4) is 0 Å². The fraction of sp³-hybridized carbons (Fsp3) is 0.238. The van der Waals surface area contributed by atoms with E-state index in [0.29, 0.717) is 12.2 Å². The predicted octanol–water partition coefficient (Wildman–Crippen LogP) is 7.26. The van der Waals surface area contributed by atoms with Gasteiger partial charge in [-0.1, -0.05) is 48.8 Å². The molecular weight excluding hydrogens is 474 g/mol. The SMILES string of the molecule is CCOc1ccc2c(c1)N(C(=O)c1ccc(Br)cc1)C(C)(C)c1ssc(=S)c1-2. The van der Waals surface area contributed by atoms with E-state index in [2.05, 4.69) is 29.8 Å². The van der Waals surface area contributed by atoms with Crippen molar-refractivity contribution in [2.75, 3.05) is 11.5 Å². The van der Waals surface area contributed by atoms with Crippen molar-refractivity contribution in [2.24, 2.45) is 0 Å². The zero-order valence-corrected chi connectivity index (χ0v) is 19.7. The molecule has 0 saturated carbocycles. The smallest absolute Gasteiger partial charge is 0.259 e. The van der Waals surface area contributed by atoms with Crippen LogP contribution >= 0.6 is 48.8 Å². The van der Waals surface area contributed by atoms with E-state index < -0.39 is 5.54 Å². The Morgan fingerprint density at radius 3 is 2.57 bits per heavy atom. The van der Waals surface area contributed by atoms with E-state index in [1.54, 1.807) is 20.7 Å². The van der Waals surface area contributed by atoms with Crippen LogP contribution in [0, 0.1) is 3.82 Å². The summed E-state index contributed by atoms with van der Waals surface area (Å²) in [5, 5.41) is 0. The molecule has 3 aromatic rings. The van der Waals surface area contributed by atoms with Crippen LogP contribution in [0.15, 0.2) is 46.9 Å². The molecule has 1 amide bonds. The van der Waals surface area contributed by atoms with Gasteiger partial charge in [0.15, 0.2) is 0 Å². The molecule has 28 heavy (non-hydrogen) atoms. The molecule has 144 valence electrons. The monoisotopic (exact) mass is 491 g/mol. The van der Waals surface area contributed by atoms with Crippen molar-refractivity contribution in [3.63, 3.8) is 0 Å². The maximum absolute atomic E-state index is 13.6. The maximum atomic E-state index is 13.6. The van der Waals surface area contributed by atoms with E-state index in [1.165, 1.54) is 0 Å². The van der Waals surface area contributed by atoms with Gasteiger partial charge in [-0.3, -0.25) is 9.69 Å². The standard InChI is InChI=1S/C21H18BrNO2S3/c1-4-25-14-9-10-15-16(11-14)23(19(24)12-5-7-13(22)8-6-12)21(2,3)18-17(15)20(26)28-27-18/h5-11H,4H2,1-3H3. The van der Waals surface area contributed by atoms with Crippen molar-refractivity contribution in [3.8, 4) is 16.9 Å². The topological polar surface area (TPSA) is 29.5 Å². The second-order valence-corrected chi connectivity index (χ2v) is 10.7. The highest BCUT2D eigenvalue weighted by molar-refractivity contribution is 9.10. The normalized spacial score (nSPS) is 14.4. The molecule has 0 bridgehead atoms. The fourth-order valence-electron chi connectivity index (χ4n) is 3.55. The first-order valence-corrected chi connectivity index (χ1v) is 12.2. The molecule has 2 aromatic carbocycles. The lowest BCUT2D eigenvalue weighted by Gasteiger charge is -2.43. The zero-order valence-electron chi connectivity index (χ0n) is 15.6. The van der Waals surface area contributed by atoms with Crippen molar-refractivity contribution >= 4 is 60.4 Å². The molecule has 0 fully saturated rings. The molecule has 3 nitrogen and oxygen atoms in total. The van der Waals surface area contributed by atoms with Crippen LogP contribution in [-0.2, 0) is 5.54 Å². The van der Waals surface area contributed by atoms with Crippen LogP contribution in [0.25, 0.3) is 11.1 Å². The number of ether oxygens (including phenoxy) is 1. The van der Waals surface area contributed by atoms with E-state index in [4.69, 9.17) is 17.0 Å². The van der Waals surface area contributed by atoms with Crippen LogP contribution in [0.2, 0.25) is 0 Å². The summed E-state index contributed by atoms with van der Waals surface area (Å²) in [6.45, 7) is 6.68. The number of carbonyl (C=O) groups excluding carboxylic acids is 1. The van der Waals surface area contributed by atoms with Crippen molar-refractivity contribution in [1.29, 1.82) is 0 Å². The lowest BCUT2D eigenvalue weighted by atomic mass is 9.86. The zero-order chi connectivity index (χ0) is 20.1. The minimum atomic E-state index is -0.518. The van der Waals surface area contributed by atoms with Gasteiger partial charge in [-0.25, -0.2) is 0 Å². The molecule has 0 spiro atoms. The average molecular weight is 492 g/mol. The third kappa shape index (κ3) is 3.14. The molecule has 7 heteroatoms. The number of hydrogen-bond donors (Lipinski definition) is 0. The molecule has 2 heterocycles. The van der Waals surface area contributed by atoms with E-state index >= 15 is 0 Å². The third-order valence-electron chi connectivity index (χ3n) is 4.83. The first kappa shape index (κ1) is 19.8. The quantitative estimate of drug-likeness (QED) is 0.285. The van der Waals surface area contributed by atoms with Crippen LogP contribution in [-0.4, -0.2) is 12.5 Å². The largest absolute Gasteiger partial charge is 0.494 e. The van der Waals surface area contributed by atoms with E-state index in [0.717, 1.165) is 35.7 Å². The molecule has 0 radical (unpaired) electrons. The summed E-state index contributed by atoms with van der Waals surface area (Å²) in [6, 6.07) is 13.4. The molecule has 1 aliphatic heterocycles. The fourth-order valence-corrected chi connectivity index (χ4v) is 7.09. The maximum Gasteiger partial charge on any atom is 0.259 e. The van der Waals surface area contributed by atoms with Gasteiger partial charge < -0.3 is 4.74 Å². The number of halogens is 1. The molecule has 0 aliphatic carbocycles. The summed E-state index contributed by atoms with van der Waals surface area (Å²) in [7, 11) is 3.25. The second-order valence-electron chi connectivity index (χ2n) is 6.98. The molecule has 4 rings (SSSR count). The second kappa shape index (κ2) is 7.37. The Morgan fingerprint density at radius 1 is 1.18 bits per heavy atom. The number of carbonyl (C=O) groups is 1. The summed E-state index contributed by atoms with van der Waals surface area (Å²) in [5.74, 6) is 0.710. The Balaban J connectivity index is 1.95. The molecule has 0 unspecified atom stereocenters. The van der Waals surface area contributed by atoms with E-state index in [-0.39, 0.29) is 5.91 Å². The minimum Gasteiger partial charge on any atom is -0.494 e. The Morgan fingerprint density at radius 2 is 1.89 bits per heavy atom. The number of amides is 1. The highest BCUT2D eigenvalue weighted by Gasteiger charge is 2.43. The summed E-state index contributed by atoms with van der Waals surface area (Å²) < 4.78 is 7.54. The summed E-state index contributed by atoms with van der Waals surface area (Å²) in [5.41, 5.74) is 3.04. The molecule has 0 atom stereocenters. The lowest BCUT2D eigenvalue weighted by molar-refractivity contribution is 0.0961. The minimum absolute atomic E-state index is 0.0395. The first-order valence-electron chi connectivity index (χ1n) is 8.85. The summed E-state index contributed by atoms with van der Waals surface area (Å²) in [6.07, 6.45) is 0. The van der Waals surface area contributed by atoms with Crippen molar-refractivity contribution in [2.45, 2.75) is 26.3 Å². The van der Waals surface area contributed by atoms with Crippen molar-refractivity contribution in [1.82, 2.24) is 0 Å². The molecule has 0 N–H and O–H groups in total. The predicted molar refractivity (Wildman–Crippen MR) is 124 cm³/mol. The highest BCUT2D eigenvalue weighted by atomic mass is 79.9. The van der Waals surface area contributed by atoms with E-state index in [9.17, 15) is 4.79 Å². The van der Waals surface area contributed by atoms with Gasteiger partial charge in [0.25, 0.3) is 5.91 Å². The van der Waals surface area contributed by atoms with Crippen molar-refractivity contribution < 1.29 is 9.53 Å². The highest BCUT2D eigenvalue weighted by Crippen LogP contribution is 2.53. The van der Waals surface area contributed by atoms with Crippen LogP contribution in [0.1, 0.15) is 36.0 Å². The van der Waals surface area contributed by atoms with Gasteiger partial charge >= 0.3 is 0 Å². The van der Waals surface area contributed by atoms with Gasteiger partial charge in [-0.15, -0.1) is 0 Å². The van der Waals surface area contributed by atoms with Gasteiger partial charge in [0.2, 0.25) is 0 Å². The van der Waals surface area contributed by atoms with Gasteiger partial charge in [-0.05, 0) is 57.2 Å². The number of benzene rings is 2. The Kier molecular flexibility index (Phi) is 5.20. The average Bonchev–Trinajstić information content (AvgIpc) is 3.05. The van der Waals surface area contributed by atoms with E-state index in [1.807, 2.05) is 54.3 Å². The number of rotatable bonds is 3. The number of fused-ring (bicyclic) bond motifs is 3. The number of nitrogens with zero attached hydrogens (tertiary/aromatic N) is 1.